The molecule has 6 aromatic rings. The number of hydrogen-bond donors (Lipinski definition) is 0. The van der Waals surface area contributed by atoms with Crippen LogP contribution in [0.5, 0.6) is 0 Å². The predicted molar refractivity (Wildman–Crippen MR) is 146 cm³/mol. The van der Waals surface area contributed by atoms with Crippen molar-refractivity contribution in [2.75, 3.05) is 0 Å². The first kappa shape index (κ1) is 21.8. The van der Waals surface area contributed by atoms with Gasteiger partial charge in [-0.15, -0.1) is 0 Å². The van der Waals surface area contributed by atoms with Gasteiger partial charge in [0.05, 0.1) is 5.57 Å². The van der Waals surface area contributed by atoms with Gasteiger partial charge in [-0.2, -0.15) is 4.98 Å². The Hall–Kier alpha value is -5.47. The number of benzene rings is 4. The fourth-order valence-electron chi connectivity index (χ4n) is 4.82. The number of para-hydroxylation sites is 1. The van der Waals surface area contributed by atoms with Crippen LogP contribution >= 0.6 is 0 Å². The topological polar surface area (TPSA) is 65.1 Å². The average Bonchev–Trinajstić information content (AvgIpc) is 3.57. The molecule has 0 saturated carbocycles. The van der Waals surface area contributed by atoms with Crippen molar-refractivity contribution in [3.05, 3.63) is 137 Å². The lowest BCUT2D eigenvalue weighted by Crippen LogP contribution is -2.03. The first-order valence-electron chi connectivity index (χ1n) is 12.1. The Kier molecular flexibility index (Phi) is 4.92. The fraction of sp³-hybridized carbons (Fsp3) is 0. The Morgan fingerprint density at radius 1 is 0.711 bits per heavy atom. The summed E-state index contributed by atoms with van der Waals surface area (Å²) in [5.74, 6) is 6.46. The lowest BCUT2D eigenvalue weighted by Gasteiger charge is -2.06. The van der Waals surface area contributed by atoms with Crippen LogP contribution in [0.4, 0.5) is 0 Å². The molecule has 5 nitrogen and oxygen atoms in total. The molecule has 2 aromatic heterocycles. The van der Waals surface area contributed by atoms with Crippen molar-refractivity contribution in [2.45, 2.75) is 0 Å². The maximum Gasteiger partial charge on any atom is 0.246 e. The summed E-state index contributed by atoms with van der Waals surface area (Å²) in [5, 5.41) is 1.84. The number of fused-ring (bicyclic) bond motifs is 3. The Labute approximate surface area is 217 Å². The number of rotatable bonds is 2. The molecule has 5 heteroatoms. The summed E-state index contributed by atoms with van der Waals surface area (Å²) in [4.78, 5) is 31.4. The summed E-state index contributed by atoms with van der Waals surface area (Å²) in [7, 11) is 0. The van der Waals surface area contributed by atoms with Gasteiger partial charge in [0.15, 0.2) is 17.3 Å². The lowest BCUT2D eigenvalue weighted by atomic mass is 10.0. The van der Waals surface area contributed by atoms with Crippen molar-refractivity contribution in [3.8, 4) is 17.5 Å². The van der Waals surface area contributed by atoms with E-state index in [9.17, 15) is 9.59 Å². The molecule has 0 N–H and O–H groups in total. The minimum absolute atomic E-state index is 0.0873. The molecule has 1 aliphatic carbocycles. The Balaban J connectivity index is 1.36. The molecule has 1 aliphatic rings. The quantitative estimate of drug-likeness (QED) is 0.155. The fourth-order valence-corrected chi connectivity index (χ4v) is 4.82. The molecular weight excluding hydrogens is 472 g/mol. The number of Topliss-reactive ketones (excluding diaryl/α,β-unsaturated/α-hetero) is 2. The molecule has 4 aromatic carbocycles. The third-order valence-corrected chi connectivity index (χ3v) is 6.64. The summed E-state index contributed by atoms with van der Waals surface area (Å²) >= 11 is 0. The van der Waals surface area contributed by atoms with Crippen molar-refractivity contribution in [2.24, 2.45) is 0 Å². The lowest BCUT2D eigenvalue weighted by molar-refractivity contribution is 0.0990. The van der Waals surface area contributed by atoms with E-state index in [0.29, 0.717) is 33.9 Å². The van der Waals surface area contributed by atoms with Gasteiger partial charge in [-0.05, 0) is 59.2 Å². The first-order chi connectivity index (χ1) is 18.7. The van der Waals surface area contributed by atoms with Gasteiger partial charge in [-0.3, -0.25) is 14.2 Å². The number of carbonyl (C=O) groups is 2. The molecule has 7 rings (SSSR count). The minimum Gasteiger partial charge on any atom is -0.428 e. The maximum atomic E-state index is 13.4. The molecule has 0 bridgehead atoms. The second-order valence-electron chi connectivity index (χ2n) is 9.02. The number of ketones is 2. The molecule has 2 heterocycles. The van der Waals surface area contributed by atoms with Gasteiger partial charge in [0, 0.05) is 28.4 Å². The molecule has 0 aliphatic heterocycles. The number of furan rings is 1. The zero-order chi connectivity index (χ0) is 25.6. The number of hydrogen-bond acceptors (Lipinski definition) is 4. The largest absolute Gasteiger partial charge is 0.428 e. The highest BCUT2D eigenvalue weighted by atomic mass is 16.3. The Morgan fingerprint density at radius 2 is 1.32 bits per heavy atom. The van der Waals surface area contributed by atoms with Gasteiger partial charge < -0.3 is 4.42 Å². The van der Waals surface area contributed by atoms with Crippen LogP contribution < -0.4 is 0 Å². The average molecular weight is 491 g/mol. The number of aromatic nitrogens is 2. The smallest absolute Gasteiger partial charge is 0.246 e. The van der Waals surface area contributed by atoms with E-state index in [1.54, 1.807) is 18.2 Å². The minimum atomic E-state index is -0.301. The van der Waals surface area contributed by atoms with Crippen molar-refractivity contribution >= 4 is 39.6 Å². The van der Waals surface area contributed by atoms with E-state index in [1.807, 2.05) is 95.6 Å². The van der Waals surface area contributed by atoms with Gasteiger partial charge in [-0.25, -0.2) is 0 Å². The monoisotopic (exact) mass is 490 g/mol. The highest BCUT2D eigenvalue weighted by Crippen LogP contribution is 2.33. The van der Waals surface area contributed by atoms with Crippen LogP contribution in [0.3, 0.4) is 0 Å². The van der Waals surface area contributed by atoms with Gasteiger partial charge >= 0.3 is 0 Å². The first-order valence-corrected chi connectivity index (χ1v) is 12.1. The molecule has 38 heavy (non-hydrogen) atoms. The van der Waals surface area contributed by atoms with Crippen molar-refractivity contribution in [3.63, 3.8) is 0 Å². The van der Waals surface area contributed by atoms with Crippen LogP contribution in [0.15, 0.2) is 113 Å². The van der Waals surface area contributed by atoms with Crippen LogP contribution in [0.2, 0.25) is 0 Å². The van der Waals surface area contributed by atoms with Gasteiger partial charge in [-0.1, -0.05) is 66.6 Å². The standard InChI is InChI=1S/C33H18N2O3/c36-31-26-17-22-11-7-8-12-23(22)18-27(26)32(37)28(31)20-30-34-33-29(35(30)24-13-5-2-6-14-24)19-25(38-33)16-15-21-9-3-1-4-10-21/h1-14,17-20H. The van der Waals surface area contributed by atoms with Gasteiger partial charge in [0.25, 0.3) is 0 Å². The molecule has 0 unspecified atom stereocenters. The van der Waals surface area contributed by atoms with E-state index in [1.165, 1.54) is 0 Å². The van der Waals surface area contributed by atoms with Crippen LogP contribution in [0.1, 0.15) is 37.9 Å². The highest BCUT2D eigenvalue weighted by Gasteiger charge is 2.34. The molecule has 0 spiro atoms. The Morgan fingerprint density at radius 3 is 1.97 bits per heavy atom. The summed E-state index contributed by atoms with van der Waals surface area (Å²) in [6, 6.07) is 32.4. The summed E-state index contributed by atoms with van der Waals surface area (Å²) in [5.41, 5.74) is 3.69. The third kappa shape index (κ3) is 3.56. The third-order valence-electron chi connectivity index (χ3n) is 6.64. The molecular formula is C33H18N2O3. The van der Waals surface area contributed by atoms with Crippen LogP contribution in [0.25, 0.3) is 33.8 Å². The SMILES string of the molecule is O=C1C(=Cc2nc3oc(C#Cc4ccccc4)cc3n2-c2ccccc2)C(=O)c2cc3ccccc3cc21. The van der Waals surface area contributed by atoms with Gasteiger partial charge in [0.2, 0.25) is 5.71 Å². The zero-order valence-electron chi connectivity index (χ0n) is 20.0. The number of nitrogens with zero attached hydrogens (tertiary/aromatic N) is 2. The number of imidazole rings is 1. The maximum absolute atomic E-state index is 13.4. The van der Waals surface area contributed by atoms with Crippen LogP contribution in [0, 0.1) is 11.8 Å². The van der Waals surface area contributed by atoms with E-state index >= 15 is 0 Å². The molecule has 0 fully saturated rings. The van der Waals surface area contributed by atoms with E-state index in [4.69, 9.17) is 4.42 Å². The van der Waals surface area contributed by atoms with E-state index in [2.05, 4.69) is 16.8 Å². The second-order valence-corrected chi connectivity index (χ2v) is 9.02. The van der Waals surface area contributed by atoms with Gasteiger partial charge in [0.1, 0.15) is 11.3 Å². The molecule has 0 saturated heterocycles. The predicted octanol–water partition coefficient (Wildman–Crippen LogP) is 6.63. The van der Waals surface area contributed by atoms with E-state index in [-0.39, 0.29) is 17.1 Å². The zero-order valence-corrected chi connectivity index (χ0v) is 20.0. The normalized spacial score (nSPS) is 12.6. The second kappa shape index (κ2) is 8.58. The van der Waals surface area contributed by atoms with Crippen molar-refractivity contribution < 1.29 is 14.0 Å². The molecule has 0 radical (unpaired) electrons. The van der Waals surface area contributed by atoms with Crippen LogP contribution in [-0.2, 0) is 0 Å². The van der Waals surface area contributed by atoms with E-state index in [0.717, 1.165) is 22.0 Å². The van der Waals surface area contributed by atoms with Crippen molar-refractivity contribution in [1.29, 1.82) is 0 Å². The summed E-state index contributed by atoms with van der Waals surface area (Å²) in [6.45, 7) is 0. The number of carbonyl (C=O) groups excluding carboxylic acids is 2. The number of allylic oxidation sites excluding steroid dienone is 1. The highest BCUT2D eigenvalue weighted by molar-refractivity contribution is 6.42. The summed E-state index contributed by atoms with van der Waals surface area (Å²) < 4.78 is 7.83. The van der Waals surface area contributed by atoms with Crippen molar-refractivity contribution in [1.82, 2.24) is 9.55 Å². The molecule has 178 valence electrons. The summed E-state index contributed by atoms with van der Waals surface area (Å²) in [6.07, 6.45) is 1.56. The molecule has 0 amide bonds. The van der Waals surface area contributed by atoms with Crippen LogP contribution in [-0.4, -0.2) is 21.1 Å². The Bertz CT molecular complexity index is 1940. The van der Waals surface area contributed by atoms with E-state index < -0.39 is 0 Å². The molecule has 0 atom stereocenters.